The molecule has 1 N–H and O–H groups in total. The average molecular weight is 710 g/mol. The van der Waals surface area contributed by atoms with Gasteiger partial charge in [0.25, 0.3) is 0 Å². The van der Waals surface area contributed by atoms with E-state index in [1.165, 1.54) is 26.4 Å². The first kappa shape index (κ1) is 37.7. The molecule has 0 spiro atoms. The smallest absolute Gasteiger partial charge is 0.306 e. The average Bonchev–Trinajstić information content (AvgIpc) is 2.97. The van der Waals surface area contributed by atoms with Gasteiger partial charge in [-0.25, -0.2) is 0 Å². The fourth-order valence-electron chi connectivity index (χ4n) is 4.06. The summed E-state index contributed by atoms with van der Waals surface area (Å²) < 4.78 is 82.5. The number of hydrogen-bond donors (Lipinski definition) is 1. The van der Waals surface area contributed by atoms with Crippen molar-refractivity contribution in [3.05, 3.63) is 71.8 Å². The summed E-state index contributed by atoms with van der Waals surface area (Å²) in [7, 11) is -5.28. The number of benzene rings is 3. The lowest BCUT2D eigenvalue weighted by Gasteiger charge is -2.21. The van der Waals surface area contributed by atoms with Crippen LogP contribution in [0.1, 0.15) is 27.7 Å². The summed E-state index contributed by atoms with van der Waals surface area (Å²) >= 11 is 0.990. The molecule has 0 saturated carbocycles. The maximum absolute atomic E-state index is 12.5. The second kappa shape index (κ2) is 16.9. The maximum atomic E-state index is 12.5. The van der Waals surface area contributed by atoms with Crippen LogP contribution in [0, 0.1) is 0 Å². The lowest BCUT2D eigenvalue weighted by Crippen LogP contribution is -2.12. The van der Waals surface area contributed by atoms with Crippen LogP contribution in [0.25, 0.3) is 22.3 Å². The molecule has 0 heterocycles. The summed E-state index contributed by atoms with van der Waals surface area (Å²) in [5.41, 5.74) is 6.38. The Morgan fingerprint density at radius 2 is 1.38 bits per heavy atom. The largest absolute Gasteiger partial charge is 0.496 e. The molecule has 0 bridgehead atoms. The van der Waals surface area contributed by atoms with Crippen molar-refractivity contribution in [2.45, 2.75) is 32.6 Å². The summed E-state index contributed by atoms with van der Waals surface area (Å²) in [5, 5.41) is 0. The summed E-state index contributed by atoms with van der Waals surface area (Å²) in [6, 6.07) is 13.3. The van der Waals surface area contributed by atoms with Gasteiger partial charge in [-0.05, 0) is 75.2 Å². The second-order valence-electron chi connectivity index (χ2n) is 10.6. The van der Waals surface area contributed by atoms with Gasteiger partial charge < -0.3 is 22.6 Å². The third-order valence-corrected chi connectivity index (χ3v) is 7.60. The van der Waals surface area contributed by atoms with Gasteiger partial charge >= 0.3 is 20.2 Å². The van der Waals surface area contributed by atoms with E-state index in [1.807, 2.05) is 39.8 Å². The van der Waals surface area contributed by atoms with Gasteiger partial charge in [-0.15, -0.1) is 9.32 Å². The third kappa shape index (κ3) is 11.8. The highest BCUT2D eigenvalue weighted by atomic mass is 32.2. The van der Waals surface area contributed by atoms with Gasteiger partial charge in [0.05, 0.1) is 44.3 Å². The van der Waals surface area contributed by atoms with Crippen LogP contribution in [0.4, 0.5) is 0 Å². The molecule has 0 amide bonds. The molecule has 15 heteroatoms. The zero-order valence-corrected chi connectivity index (χ0v) is 29.9. The Kier molecular flexibility index (Phi) is 13.6. The Morgan fingerprint density at radius 3 is 1.96 bits per heavy atom. The molecule has 0 aliphatic rings. The van der Waals surface area contributed by atoms with Crippen LogP contribution in [-0.4, -0.2) is 56.7 Å². The van der Waals surface area contributed by atoms with Crippen molar-refractivity contribution >= 4 is 32.3 Å². The highest BCUT2D eigenvalue weighted by molar-refractivity contribution is 7.94. The molecule has 3 rings (SSSR count). The van der Waals surface area contributed by atoms with E-state index in [2.05, 4.69) is 5.48 Å². The Labute approximate surface area is 281 Å². The van der Waals surface area contributed by atoms with Gasteiger partial charge in [-0.1, -0.05) is 35.4 Å². The predicted molar refractivity (Wildman–Crippen MR) is 182 cm³/mol. The molecule has 0 radical (unpaired) electrons. The van der Waals surface area contributed by atoms with Crippen LogP contribution < -0.4 is 28.1 Å². The van der Waals surface area contributed by atoms with Crippen LogP contribution >= 0.6 is 12.0 Å². The molecule has 12 nitrogen and oxygen atoms in total. The van der Waals surface area contributed by atoms with Crippen LogP contribution in [0.2, 0.25) is 0 Å². The molecule has 3 aromatic rings. The quantitative estimate of drug-likeness (QED) is 0.0408. The summed E-state index contributed by atoms with van der Waals surface area (Å²) in [6.07, 6.45) is 5.56. The monoisotopic (exact) mass is 709 g/mol. The van der Waals surface area contributed by atoms with Gasteiger partial charge in [0.1, 0.15) is 12.4 Å². The van der Waals surface area contributed by atoms with Crippen molar-refractivity contribution in [1.82, 2.24) is 5.48 Å². The van der Waals surface area contributed by atoms with Crippen LogP contribution in [-0.2, 0) is 29.6 Å². The molecule has 256 valence electrons. The number of hydrogen-bond acceptors (Lipinski definition) is 13. The number of hydroxylamine groups is 1. The minimum Gasteiger partial charge on any atom is -0.496 e. The number of rotatable bonds is 17. The SMILES string of the molecule is COc1cc(-c2ccc(SOONCC=C(C)C)cc2)c(OC)c(OS(C)(=O)=O)c1-c1ccc(OCC=C(C)C)c(OS(C)(=O)=O)c1. The lowest BCUT2D eigenvalue weighted by atomic mass is 9.96. The molecule has 0 saturated heterocycles. The Morgan fingerprint density at radius 1 is 0.745 bits per heavy atom. The van der Waals surface area contributed by atoms with Crippen molar-refractivity contribution in [2.24, 2.45) is 0 Å². The highest BCUT2D eigenvalue weighted by Gasteiger charge is 2.27. The normalized spacial score (nSPS) is 11.4. The molecule has 0 aliphatic carbocycles. The number of nitrogens with one attached hydrogen (secondary N) is 1. The van der Waals surface area contributed by atoms with Gasteiger partial charge in [0, 0.05) is 17.0 Å². The van der Waals surface area contributed by atoms with Crippen molar-refractivity contribution in [1.29, 1.82) is 0 Å². The minimum absolute atomic E-state index is 0.0872. The topological polar surface area (TPSA) is 145 Å². The summed E-state index contributed by atoms with van der Waals surface area (Å²) in [5.74, 6) is 0.157. The number of ether oxygens (including phenoxy) is 3. The maximum Gasteiger partial charge on any atom is 0.306 e. The Balaban J connectivity index is 2.11. The standard InChI is InChI=1S/C32H39NO11S3/c1-21(2)15-17-33-43-44-45-25-12-9-23(10-13-25)26-20-29(38-5)30(32(31(26)39-6)42-47(8,36)37)24-11-14-27(40-18-16-22(3)4)28(19-24)41-46(7,34)35/h9-16,19-20,33H,17-18H2,1-8H3. The highest BCUT2D eigenvalue weighted by Crippen LogP contribution is 2.51. The molecule has 0 atom stereocenters. The molecule has 3 aromatic carbocycles. The van der Waals surface area contributed by atoms with E-state index in [0.717, 1.165) is 40.6 Å². The van der Waals surface area contributed by atoms with Crippen molar-refractivity contribution in [2.75, 3.05) is 39.9 Å². The summed E-state index contributed by atoms with van der Waals surface area (Å²) in [6.45, 7) is 8.39. The first-order chi connectivity index (χ1) is 22.1. The van der Waals surface area contributed by atoms with Crippen molar-refractivity contribution < 1.29 is 48.7 Å². The first-order valence-corrected chi connectivity index (χ1v) is 18.4. The van der Waals surface area contributed by atoms with Gasteiger partial charge in [-0.2, -0.15) is 22.3 Å². The van der Waals surface area contributed by atoms with Gasteiger partial charge in [0.2, 0.25) is 0 Å². The fourth-order valence-corrected chi connectivity index (χ4v) is 5.38. The predicted octanol–water partition coefficient (Wildman–Crippen LogP) is 6.49. The van der Waals surface area contributed by atoms with E-state index < -0.39 is 20.2 Å². The van der Waals surface area contributed by atoms with E-state index in [0.29, 0.717) is 23.2 Å². The molecule has 0 fully saturated rings. The Hall–Kier alpha value is -3.73. The van der Waals surface area contributed by atoms with E-state index >= 15 is 0 Å². The lowest BCUT2D eigenvalue weighted by molar-refractivity contribution is -0.242. The van der Waals surface area contributed by atoms with E-state index in [-0.39, 0.29) is 40.9 Å². The van der Waals surface area contributed by atoms with E-state index in [4.69, 9.17) is 31.9 Å². The summed E-state index contributed by atoms with van der Waals surface area (Å²) in [4.78, 5) is 5.68. The first-order valence-electron chi connectivity index (χ1n) is 14.1. The van der Waals surface area contributed by atoms with E-state index in [1.54, 1.807) is 36.4 Å². The van der Waals surface area contributed by atoms with Crippen molar-refractivity contribution in [3.8, 4) is 51.0 Å². The minimum atomic E-state index is -4.10. The van der Waals surface area contributed by atoms with E-state index in [9.17, 15) is 16.8 Å². The van der Waals surface area contributed by atoms with Crippen LogP contribution in [0.5, 0.6) is 28.7 Å². The van der Waals surface area contributed by atoms with Gasteiger partial charge in [0.15, 0.2) is 23.0 Å². The molecule has 0 unspecified atom stereocenters. The van der Waals surface area contributed by atoms with Crippen molar-refractivity contribution in [3.63, 3.8) is 0 Å². The third-order valence-electron chi connectivity index (χ3n) is 6.04. The zero-order valence-electron chi connectivity index (χ0n) is 27.4. The number of allylic oxidation sites excluding steroid dienone is 2. The van der Waals surface area contributed by atoms with Crippen LogP contribution in [0.3, 0.4) is 0 Å². The molecular weight excluding hydrogens is 671 g/mol. The molecule has 0 aromatic heterocycles. The molecular formula is C32H39NO11S3. The second-order valence-corrected chi connectivity index (χ2v) is 14.5. The molecule has 0 aliphatic heterocycles. The van der Waals surface area contributed by atoms with Crippen LogP contribution in [0.15, 0.2) is 76.7 Å². The van der Waals surface area contributed by atoms with Gasteiger partial charge in [-0.3, -0.25) is 0 Å². The number of methoxy groups -OCH3 is 2. The Bertz CT molecular complexity index is 1810. The molecule has 47 heavy (non-hydrogen) atoms. The zero-order chi connectivity index (χ0) is 34.8. The fraction of sp³-hybridized carbons (Fsp3) is 0.312.